The van der Waals surface area contributed by atoms with Crippen LogP contribution in [0.15, 0.2) is 54.7 Å². The lowest BCUT2D eigenvalue weighted by Crippen LogP contribution is -2.26. The molecule has 0 fully saturated rings. The van der Waals surface area contributed by atoms with Crippen LogP contribution >= 0.6 is 0 Å². The summed E-state index contributed by atoms with van der Waals surface area (Å²) >= 11 is 0. The van der Waals surface area contributed by atoms with Gasteiger partial charge in [0.2, 0.25) is 5.91 Å². The van der Waals surface area contributed by atoms with Gasteiger partial charge in [-0.05, 0) is 42.0 Å². The number of fused-ring (bicyclic) bond motifs is 1. The molecule has 1 N–H and O–H groups in total. The summed E-state index contributed by atoms with van der Waals surface area (Å²) < 4.78 is 12.3. The first kappa shape index (κ1) is 15.9. The van der Waals surface area contributed by atoms with Crippen molar-refractivity contribution < 1.29 is 14.3 Å². The molecule has 5 nitrogen and oxygen atoms in total. The minimum absolute atomic E-state index is 0.0286. The zero-order valence-electron chi connectivity index (χ0n) is 13.8. The number of rotatable bonds is 6. The second-order valence-corrected chi connectivity index (χ2v) is 5.49. The molecule has 0 atom stereocenters. The Hall–Kier alpha value is -2.95. The number of methoxy groups -OCH3 is 2. The van der Waals surface area contributed by atoms with Gasteiger partial charge in [-0.1, -0.05) is 12.1 Å². The van der Waals surface area contributed by atoms with E-state index in [2.05, 4.69) is 5.32 Å². The summed E-state index contributed by atoms with van der Waals surface area (Å²) in [5.74, 6) is 1.59. The van der Waals surface area contributed by atoms with Crippen LogP contribution in [0.25, 0.3) is 10.9 Å². The number of hydrogen-bond acceptors (Lipinski definition) is 3. The summed E-state index contributed by atoms with van der Waals surface area (Å²) in [6, 6.07) is 15.4. The van der Waals surface area contributed by atoms with E-state index in [0.29, 0.717) is 6.54 Å². The fraction of sp³-hybridized carbons (Fsp3) is 0.211. The van der Waals surface area contributed by atoms with Crippen molar-refractivity contribution in [2.75, 3.05) is 14.2 Å². The second-order valence-electron chi connectivity index (χ2n) is 5.49. The Bertz CT molecular complexity index is 837. The van der Waals surface area contributed by atoms with Crippen molar-refractivity contribution in [1.82, 2.24) is 9.88 Å². The third kappa shape index (κ3) is 3.51. The molecule has 3 aromatic rings. The standard InChI is InChI=1S/C19H20N2O3/c1-23-16-5-3-14(4-6-16)12-20-19(22)13-21-10-9-15-11-17(24-2)7-8-18(15)21/h3-11H,12-13H2,1-2H3,(H,20,22). The Kier molecular flexibility index (Phi) is 4.70. The topological polar surface area (TPSA) is 52.5 Å². The van der Waals surface area contributed by atoms with Gasteiger partial charge in [0.15, 0.2) is 0 Å². The fourth-order valence-electron chi connectivity index (χ4n) is 2.60. The van der Waals surface area contributed by atoms with Crippen LogP contribution in [0.1, 0.15) is 5.56 Å². The predicted molar refractivity (Wildman–Crippen MR) is 93.3 cm³/mol. The van der Waals surface area contributed by atoms with Gasteiger partial charge < -0.3 is 19.4 Å². The van der Waals surface area contributed by atoms with Crippen LogP contribution in [0.5, 0.6) is 11.5 Å². The fourth-order valence-corrected chi connectivity index (χ4v) is 2.60. The molecule has 0 spiro atoms. The molecule has 0 aliphatic rings. The predicted octanol–water partition coefficient (Wildman–Crippen LogP) is 2.97. The number of hydrogen-bond donors (Lipinski definition) is 1. The van der Waals surface area contributed by atoms with E-state index in [9.17, 15) is 4.79 Å². The Morgan fingerprint density at radius 3 is 2.42 bits per heavy atom. The lowest BCUT2D eigenvalue weighted by molar-refractivity contribution is -0.121. The van der Waals surface area contributed by atoms with Crippen LogP contribution in [0, 0.1) is 0 Å². The second kappa shape index (κ2) is 7.08. The Balaban J connectivity index is 1.62. The van der Waals surface area contributed by atoms with Crippen LogP contribution in [-0.2, 0) is 17.9 Å². The van der Waals surface area contributed by atoms with Crippen LogP contribution in [0.4, 0.5) is 0 Å². The molecule has 0 bridgehead atoms. The summed E-state index contributed by atoms with van der Waals surface area (Å²) in [7, 11) is 3.28. The molecule has 5 heteroatoms. The monoisotopic (exact) mass is 324 g/mol. The van der Waals surface area contributed by atoms with E-state index in [0.717, 1.165) is 28.0 Å². The number of carbonyl (C=O) groups is 1. The molecule has 0 unspecified atom stereocenters. The van der Waals surface area contributed by atoms with Gasteiger partial charge in [0, 0.05) is 23.6 Å². The highest BCUT2D eigenvalue weighted by Gasteiger charge is 2.07. The van der Waals surface area contributed by atoms with Gasteiger partial charge in [-0.25, -0.2) is 0 Å². The number of benzene rings is 2. The van der Waals surface area contributed by atoms with E-state index >= 15 is 0 Å². The minimum atomic E-state index is -0.0286. The van der Waals surface area contributed by atoms with Gasteiger partial charge in [-0.15, -0.1) is 0 Å². The quantitative estimate of drug-likeness (QED) is 0.758. The highest BCUT2D eigenvalue weighted by molar-refractivity contribution is 5.84. The van der Waals surface area contributed by atoms with Gasteiger partial charge in [0.25, 0.3) is 0 Å². The first-order valence-electron chi connectivity index (χ1n) is 7.72. The average molecular weight is 324 g/mol. The Morgan fingerprint density at radius 1 is 1.00 bits per heavy atom. The lowest BCUT2D eigenvalue weighted by Gasteiger charge is -2.08. The summed E-state index contributed by atoms with van der Waals surface area (Å²) in [6.07, 6.45) is 1.91. The maximum absolute atomic E-state index is 12.2. The van der Waals surface area contributed by atoms with E-state index in [-0.39, 0.29) is 12.5 Å². The van der Waals surface area contributed by atoms with Gasteiger partial charge >= 0.3 is 0 Å². The number of ether oxygens (including phenoxy) is 2. The Labute approximate surface area is 140 Å². The normalized spacial score (nSPS) is 10.6. The van der Waals surface area contributed by atoms with Crippen LogP contribution in [-0.4, -0.2) is 24.7 Å². The van der Waals surface area contributed by atoms with Gasteiger partial charge in [0.1, 0.15) is 18.0 Å². The molecule has 0 aliphatic heterocycles. The van der Waals surface area contributed by atoms with Crippen molar-refractivity contribution in [2.24, 2.45) is 0 Å². The van der Waals surface area contributed by atoms with Crippen molar-refractivity contribution in [3.63, 3.8) is 0 Å². The summed E-state index contributed by atoms with van der Waals surface area (Å²) in [4.78, 5) is 12.2. The first-order chi connectivity index (χ1) is 11.7. The smallest absolute Gasteiger partial charge is 0.240 e. The molecule has 3 rings (SSSR count). The number of carbonyl (C=O) groups excluding carboxylic acids is 1. The molecular weight excluding hydrogens is 304 g/mol. The molecule has 1 amide bonds. The van der Waals surface area contributed by atoms with Crippen LogP contribution in [0.2, 0.25) is 0 Å². The van der Waals surface area contributed by atoms with E-state index in [1.807, 2.05) is 59.3 Å². The zero-order chi connectivity index (χ0) is 16.9. The number of amides is 1. The number of nitrogens with one attached hydrogen (secondary N) is 1. The maximum atomic E-state index is 12.2. The third-order valence-electron chi connectivity index (χ3n) is 3.94. The van der Waals surface area contributed by atoms with Crippen molar-refractivity contribution >= 4 is 16.8 Å². The molecule has 2 aromatic carbocycles. The van der Waals surface area contributed by atoms with E-state index in [1.165, 1.54) is 0 Å². The molecule has 0 radical (unpaired) electrons. The van der Waals surface area contributed by atoms with Crippen molar-refractivity contribution in [3.05, 3.63) is 60.3 Å². The summed E-state index contributed by atoms with van der Waals surface area (Å²) in [5.41, 5.74) is 2.04. The molecule has 24 heavy (non-hydrogen) atoms. The lowest BCUT2D eigenvalue weighted by atomic mass is 10.2. The highest BCUT2D eigenvalue weighted by Crippen LogP contribution is 2.21. The molecule has 0 saturated heterocycles. The van der Waals surface area contributed by atoms with Gasteiger partial charge in [-0.3, -0.25) is 4.79 Å². The Morgan fingerprint density at radius 2 is 1.71 bits per heavy atom. The molecule has 1 heterocycles. The number of nitrogens with zero attached hydrogens (tertiary/aromatic N) is 1. The first-order valence-corrected chi connectivity index (χ1v) is 7.72. The molecule has 124 valence electrons. The van der Waals surface area contributed by atoms with Crippen LogP contribution in [0.3, 0.4) is 0 Å². The minimum Gasteiger partial charge on any atom is -0.497 e. The molecular formula is C19H20N2O3. The molecule has 1 aromatic heterocycles. The van der Waals surface area contributed by atoms with Crippen molar-refractivity contribution in [2.45, 2.75) is 13.1 Å². The van der Waals surface area contributed by atoms with Crippen LogP contribution < -0.4 is 14.8 Å². The van der Waals surface area contributed by atoms with Crippen molar-refractivity contribution in [1.29, 1.82) is 0 Å². The van der Waals surface area contributed by atoms with E-state index < -0.39 is 0 Å². The van der Waals surface area contributed by atoms with E-state index in [4.69, 9.17) is 9.47 Å². The summed E-state index contributed by atoms with van der Waals surface area (Å²) in [6.45, 7) is 0.780. The summed E-state index contributed by atoms with van der Waals surface area (Å²) in [5, 5.41) is 3.99. The highest BCUT2D eigenvalue weighted by atomic mass is 16.5. The zero-order valence-corrected chi connectivity index (χ0v) is 13.8. The molecule has 0 aliphatic carbocycles. The molecule has 0 saturated carbocycles. The van der Waals surface area contributed by atoms with Gasteiger partial charge in [-0.2, -0.15) is 0 Å². The van der Waals surface area contributed by atoms with Gasteiger partial charge in [0.05, 0.1) is 14.2 Å². The largest absolute Gasteiger partial charge is 0.497 e. The third-order valence-corrected chi connectivity index (χ3v) is 3.94. The van der Waals surface area contributed by atoms with Crippen molar-refractivity contribution in [3.8, 4) is 11.5 Å². The average Bonchev–Trinajstić information content (AvgIpc) is 3.02. The number of aromatic nitrogens is 1. The SMILES string of the molecule is COc1ccc(CNC(=O)Cn2ccc3cc(OC)ccc32)cc1. The van der Waals surface area contributed by atoms with E-state index in [1.54, 1.807) is 14.2 Å². The maximum Gasteiger partial charge on any atom is 0.240 e.